The predicted octanol–water partition coefficient (Wildman–Crippen LogP) is 2.91. The molecule has 0 saturated carbocycles. The zero-order chi connectivity index (χ0) is 15.1. The fourth-order valence-corrected chi connectivity index (χ4v) is 2.17. The minimum Gasteiger partial charge on any atom is -0.493 e. The van der Waals surface area contributed by atoms with Crippen LogP contribution in [0.25, 0.3) is 22.0 Å². The number of hydrogen-bond acceptors (Lipinski definition) is 5. The summed E-state index contributed by atoms with van der Waals surface area (Å²) in [4.78, 5) is 11.5. The van der Waals surface area contributed by atoms with Crippen molar-refractivity contribution in [2.75, 3.05) is 5.73 Å². The van der Waals surface area contributed by atoms with E-state index in [0.717, 1.165) is 6.07 Å². The van der Waals surface area contributed by atoms with E-state index in [2.05, 4.69) is 15.0 Å². The Labute approximate surface area is 122 Å². The predicted molar refractivity (Wildman–Crippen MR) is 73.8 cm³/mol. The van der Waals surface area contributed by atoms with Gasteiger partial charge >= 0.3 is 0 Å². The molecule has 0 amide bonds. The summed E-state index contributed by atoms with van der Waals surface area (Å²) in [6, 6.07) is 2.24. The maximum absolute atomic E-state index is 14.1. The van der Waals surface area contributed by atoms with Crippen LogP contribution in [0.1, 0.15) is 0 Å². The first-order valence-electron chi connectivity index (χ1n) is 5.72. The van der Waals surface area contributed by atoms with Gasteiger partial charge in [0.1, 0.15) is 28.4 Å². The van der Waals surface area contributed by atoms with Crippen LogP contribution in [0.15, 0.2) is 24.7 Å². The standard InChI is InChI=1S/C13H7ClF2N4O/c14-9-7(15)2-1-5(10(9)16)6-3-18-13(21)8-11(6)19-4-20-12(8)17/h1-4H,(H,18,21)(H2,17,19,20). The van der Waals surface area contributed by atoms with Crippen molar-refractivity contribution >= 4 is 28.3 Å². The number of anilines is 1. The molecule has 0 aliphatic heterocycles. The van der Waals surface area contributed by atoms with Gasteiger partial charge in [-0.25, -0.2) is 23.7 Å². The van der Waals surface area contributed by atoms with Gasteiger partial charge in [0.25, 0.3) is 0 Å². The number of aromatic nitrogens is 3. The third-order valence-corrected chi connectivity index (χ3v) is 3.34. The first-order valence-corrected chi connectivity index (χ1v) is 6.10. The van der Waals surface area contributed by atoms with Crippen molar-refractivity contribution in [3.63, 3.8) is 0 Å². The highest BCUT2D eigenvalue weighted by Gasteiger charge is 2.18. The second-order valence-corrected chi connectivity index (χ2v) is 4.58. The number of rotatable bonds is 1. The van der Waals surface area contributed by atoms with E-state index in [1.165, 1.54) is 18.6 Å². The molecule has 0 spiro atoms. The van der Waals surface area contributed by atoms with E-state index in [-0.39, 0.29) is 33.7 Å². The zero-order valence-corrected chi connectivity index (χ0v) is 11.1. The average molecular weight is 309 g/mol. The number of nitrogens with two attached hydrogens (primary N) is 1. The molecule has 1 aromatic carbocycles. The summed E-state index contributed by atoms with van der Waals surface area (Å²) in [6.07, 6.45) is 2.38. The molecule has 0 atom stereocenters. The largest absolute Gasteiger partial charge is 0.493 e. The molecule has 0 bridgehead atoms. The Kier molecular flexibility index (Phi) is 3.06. The topological polar surface area (TPSA) is 84.9 Å². The minimum absolute atomic E-state index is 0.000432. The Balaban J connectivity index is 2.40. The lowest BCUT2D eigenvalue weighted by atomic mass is 10.0. The molecule has 3 N–H and O–H groups in total. The van der Waals surface area contributed by atoms with Gasteiger partial charge in [-0.2, -0.15) is 0 Å². The van der Waals surface area contributed by atoms with E-state index < -0.39 is 16.7 Å². The van der Waals surface area contributed by atoms with E-state index in [9.17, 15) is 13.9 Å². The molecule has 8 heteroatoms. The smallest absolute Gasteiger partial charge is 0.224 e. The van der Waals surface area contributed by atoms with Crippen LogP contribution >= 0.6 is 11.6 Å². The number of hydrogen-bond donors (Lipinski definition) is 2. The molecule has 3 aromatic rings. The highest BCUT2D eigenvalue weighted by atomic mass is 35.5. The number of aromatic hydroxyl groups is 1. The normalized spacial score (nSPS) is 11.0. The molecule has 2 heterocycles. The number of nitrogen functional groups attached to an aromatic ring is 1. The summed E-state index contributed by atoms with van der Waals surface area (Å²) < 4.78 is 27.4. The molecular formula is C13H7ClF2N4O. The van der Waals surface area contributed by atoms with Crippen molar-refractivity contribution in [3.05, 3.63) is 41.3 Å². The molecule has 106 valence electrons. The van der Waals surface area contributed by atoms with Gasteiger partial charge in [-0.3, -0.25) is 0 Å². The van der Waals surface area contributed by atoms with Crippen molar-refractivity contribution in [2.24, 2.45) is 0 Å². The lowest BCUT2D eigenvalue weighted by Crippen LogP contribution is -1.98. The van der Waals surface area contributed by atoms with Gasteiger partial charge in [-0.05, 0) is 12.1 Å². The van der Waals surface area contributed by atoms with Crippen LogP contribution in [-0.2, 0) is 0 Å². The van der Waals surface area contributed by atoms with Gasteiger partial charge in [0, 0.05) is 17.3 Å². The van der Waals surface area contributed by atoms with Gasteiger partial charge in [0.2, 0.25) is 5.88 Å². The SMILES string of the molecule is Nc1ncnc2c(-c3ccc(F)c(Cl)c3F)cnc(O)c12. The molecule has 3 rings (SSSR count). The van der Waals surface area contributed by atoms with Crippen LogP contribution in [0.2, 0.25) is 5.02 Å². The van der Waals surface area contributed by atoms with E-state index >= 15 is 0 Å². The van der Waals surface area contributed by atoms with E-state index in [0.29, 0.717) is 0 Å². The monoisotopic (exact) mass is 308 g/mol. The van der Waals surface area contributed by atoms with Crippen molar-refractivity contribution in [1.82, 2.24) is 15.0 Å². The Morgan fingerprint density at radius 3 is 2.62 bits per heavy atom. The summed E-state index contributed by atoms with van der Waals surface area (Å²) in [5.74, 6) is -2.19. The Morgan fingerprint density at radius 1 is 1.10 bits per heavy atom. The van der Waals surface area contributed by atoms with E-state index in [1.54, 1.807) is 0 Å². The number of pyridine rings is 1. The lowest BCUT2D eigenvalue weighted by Gasteiger charge is -2.09. The number of nitrogens with zero attached hydrogens (tertiary/aromatic N) is 3. The molecule has 0 aliphatic rings. The third kappa shape index (κ3) is 2.02. The first-order chi connectivity index (χ1) is 10.0. The molecule has 0 radical (unpaired) electrons. The van der Waals surface area contributed by atoms with Gasteiger partial charge in [0.15, 0.2) is 5.82 Å². The Hall–Kier alpha value is -2.54. The summed E-state index contributed by atoms with van der Waals surface area (Å²) in [7, 11) is 0. The van der Waals surface area contributed by atoms with Crippen molar-refractivity contribution < 1.29 is 13.9 Å². The summed E-state index contributed by atoms with van der Waals surface area (Å²) in [5.41, 5.74) is 6.07. The maximum atomic E-state index is 14.1. The second kappa shape index (κ2) is 4.78. The molecule has 21 heavy (non-hydrogen) atoms. The van der Waals surface area contributed by atoms with E-state index in [1.807, 2.05) is 0 Å². The molecule has 0 saturated heterocycles. The molecular weight excluding hydrogens is 302 g/mol. The minimum atomic E-state index is -0.942. The van der Waals surface area contributed by atoms with Crippen LogP contribution < -0.4 is 5.73 Å². The lowest BCUT2D eigenvalue weighted by molar-refractivity contribution is 0.460. The zero-order valence-electron chi connectivity index (χ0n) is 10.3. The van der Waals surface area contributed by atoms with Crippen LogP contribution in [-0.4, -0.2) is 20.1 Å². The first kappa shape index (κ1) is 13.4. The number of benzene rings is 1. The summed E-state index contributed by atoms with van der Waals surface area (Å²) >= 11 is 5.57. The fourth-order valence-electron chi connectivity index (χ4n) is 2.01. The number of fused-ring (bicyclic) bond motifs is 1. The molecule has 0 aliphatic carbocycles. The maximum Gasteiger partial charge on any atom is 0.224 e. The average Bonchev–Trinajstić information content (AvgIpc) is 2.46. The van der Waals surface area contributed by atoms with Gasteiger partial charge < -0.3 is 10.8 Å². The molecule has 0 fully saturated rings. The Morgan fingerprint density at radius 2 is 1.86 bits per heavy atom. The molecule has 0 unspecified atom stereocenters. The van der Waals surface area contributed by atoms with Crippen molar-refractivity contribution in [1.29, 1.82) is 0 Å². The summed E-state index contributed by atoms with van der Waals surface area (Å²) in [6.45, 7) is 0. The van der Waals surface area contributed by atoms with Crippen LogP contribution in [0, 0.1) is 11.6 Å². The second-order valence-electron chi connectivity index (χ2n) is 4.20. The van der Waals surface area contributed by atoms with Gasteiger partial charge in [-0.1, -0.05) is 11.6 Å². The highest BCUT2D eigenvalue weighted by Crippen LogP contribution is 2.36. The summed E-state index contributed by atoms with van der Waals surface area (Å²) in [5, 5.41) is 9.20. The van der Waals surface area contributed by atoms with Gasteiger partial charge in [-0.15, -0.1) is 0 Å². The van der Waals surface area contributed by atoms with Crippen molar-refractivity contribution in [3.8, 4) is 17.0 Å². The Bertz CT molecular complexity index is 864. The van der Waals surface area contributed by atoms with E-state index in [4.69, 9.17) is 17.3 Å². The van der Waals surface area contributed by atoms with Gasteiger partial charge in [0.05, 0.1) is 5.52 Å². The third-order valence-electron chi connectivity index (χ3n) is 3.00. The molecule has 5 nitrogen and oxygen atoms in total. The molecule has 2 aromatic heterocycles. The van der Waals surface area contributed by atoms with Crippen LogP contribution in [0.5, 0.6) is 5.88 Å². The van der Waals surface area contributed by atoms with Crippen LogP contribution in [0.3, 0.4) is 0 Å². The highest BCUT2D eigenvalue weighted by molar-refractivity contribution is 6.31. The quantitative estimate of drug-likeness (QED) is 0.675. The van der Waals surface area contributed by atoms with Crippen LogP contribution in [0.4, 0.5) is 14.6 Å². The fraction of sp³-hybridized carbons (Fsp3) is 0. The number of halogens is 3. The van der Waals surface area contributed by atoms with Crippen molar-refractivity contribution in [2.45, 2.75) is 0 Å².